The largest absolute Gasteiger partial charge is 0.472 e. The van der Waals surface area contributed by atoms with E-state index in [1.54, 1.807) is 6.07 Å². The molecule has 0 radical (unpaired) electrons. The minimum Gasteiger partial charge on any atom is -0.472 e. The molecule has 1 N–H and O–H groups in total. The van der Waals surface area contributed by atoms with E-state index in [0.717, 1.165) is 5.56 Å². The lowest BCUT2D eigenvalue weighted by Gasteiger charge is -2.13. The SMILES string of the molecule is O=C(Nc1ccc(OC(F)F)c(Cc2ccccc2)c1)c1ccoc1. The topological polar surface area (TPSA) is 51.5 Å². The molecule has 0 atom stereocenters. The van der Waals surface area contributed by atoms with Crippen LogP contribution in [0, 0.1) is 0 Å². The predicted octanol–water partition coefficient (Wildman–Crippen LogP) is 4.72. The third-order valence-electron chi connectivity index (χ3n) is 3.56. The van der Waals surface area contributed by atoms with Gasteiger partial charge in [-0.1, -0.05) is 30.3 Å². The van der Waals surface area contributed by atoms with Gasteiger partial charge in [0.05, 0.1) is 11.8 Å². The number of hydrogen-bond acceptors (Lipinski definition) is 3. The van der Waals surface area contributed by atoms with E-state index in [0.29, 0.717) is 23.2 Å². The second-order valence-corrected chi connectivity index (χ2v) is 5.33. The Labute approximate surface area is 143 Å². The highest BCUT2D eigenvalue weighted by atomic mass is 19.3. The molecule has 0 spiro atoms. The minimum absolute atomic E-state index is 0.0835. The summed E-state index contributed by atoms with van der Waals surface area (Å²) in [6, 6.07) is 15.5. The second-order valence-electron chi connectivity index (χ2n) is 5.33. The van der Waals surface area contributed by atoms with Crippen LogP contribution in [-0.2, 0) is 6.42 Å². The van der Waals surface area contributed by atoms with Crippen molar-refractivity contribution in [2.24, 2.45) is 0 Å². The number of hydrogen-bond donors (Lipinski definition) is 1. The Kier molecular flexibility index (Phi) is 5.09. The van der Waals surface area contributed by atoms with E-state index in [1.165, 1.54) is 30.7 Å². The van der Waals surface area contributed by atoms with Crippen LogP contribution >= 0.6 is 0 Å². The molecule has 4 nitrogen and oxygen atoms in total. The number of anilines is 1. The van der Waals surface area contributed by atoms with E-state index in [2.05, 4.69) is 10.1 Å². The average Bonchev–Trinajstić information content (AvgIpc) is 3.12. The minimum atomic E-state index is -2.92. The number of halogens is 2. The van der Waals surface area contributed by atoms with Crippen LogP contribution in [0.1, 0.15) is 21.5 Å². The van der Waals surface area contributed by atoms with Gasteiger partial charge >= 0.3 is 6.61 Å². The van der Waals surface area contributed by atoms with E-state index >= 15 is 0 Å². The summed E-state index contributed by atoms with van der Waals surface area (Å²) in [5, 5.41) is 2.71. The van der Waals surface area contributed by atoms with Crippen molar-refractivity contribution in [1.29, 1.82) is 0 Å². The Bertz CT molecular complexity index is 833. The molecule has 0 bridgehead atoms. The van der Waals surface area contributed by atoms with Gasteiger partial charge in [-0.05, 0) is 29.8 Å². The van der Waals surface area contributed by atoms with Crippen LogP contribution in [-0.4, -0.2) is 12.5 Å². The van der Waals surface area contributed by atoms with Crippen LogP contribution in [0.3, 0.4) is 0 Å². The summed E-state index contributed by atoms with van der Waals surface area (Å²) in [6.07, 6.45) is 3.13. The molecule has 128 valence electrons. The number of amides is 1. The van der Waals surface area contributed by atoms with Crippen LogP contribution in [0.4, 0.5) is 14.5 Å². The molecule has 25 heavy (non-hydrogen) atoms. The first-order valence-corrected chi connectivity index (χ1v) is 7.57. The van der Waals surface area contributed by atoms with Crippen molar-refractivity contribution in [3.63, 3.8) is 0 Å². The monoisotopic (exact) mass is 343 g/mol. The molecule has 1 aromatic heterocycles. The third kappa shape index (κ3) is 4.44. The van der Waals surface area contributed by atoms with Crippen molar-refractivity contribution in [1.82, 2.24) is 0 Å². The van der Waals surface area contributed by atoms with E-state index < -0.39 is 6.61 Å². The van der Waals surface area contributed by atoms with Crippen LogP contribution in [0.15, 0.2) is 71.5 Å². The molecule has 0 unspecified atom stereocenters. The highest BCUT2D eigenvalue weighted by Gasteiger charge is 2.13. The molecule has 6 heteroatoms. The first-order chi connectivity index (χ1) is 12.1. The zero-order valence-electron chi connectivity index (χ0n) is 13.1. The fraction of sp³-hybridized carbons (Fsp3) is 0.105. The molecule has 1 heterocycles. The van der Waals surface area contributed by atoms with Gasteiger partial charge in [0.2, 0.25) is 0 Å². The third-order valence-corrected chi connectivity index (χ3v) is 3.56. The Morgan fingerprint density at radius 2 is 1.92 bits per heavy atom. The standard InChI is InChI=1S/C19H15F2NO3/c20-19(21)25-17-7-6-16(22-18(23)14-8-9-24-12-14)11-15(17)10-13-4-2-1-3-5-13/h1-9,11-12,19H,10H2,(H,22,23). The number of nitrogens with one attached hydrogen (secondary N) is 1. The van der Waals surface area contributed by atoms with Gasteiger partial charge in [-0.15, -0.1) is 0 Å². The summed E-state index contributed by atoms with van der Waals surface area (Å²) >= 11 is 0. The van der Waals surface area contributed by atoms with Gasteiger partial charge in [0.1, 0.15) is 12.0 Å². The highest BCUT2D eigenvalue weighted by molar-refractivity contribution is 6.04. The molecule has 3 aromatic rings. The second kappa shape index (κ2) is 7.61. The number of rotatable bonds is 6. The van der Waals surface area contributed by atoms with Gasteiger partial charge in [-0.2, -0.15) is 8.78 Å². The summed E-state index contributed by atoms with van der Waals surface area (Å²) < 4.78 is 34.7. The van der Waals surface area contributed by atoms with Crippen molar-refractivity contribution in [2.45, 2.75) is 13.0 Å². The molecule has 3 rings (SSSR count). The Morgan fingerprint density at radius 1 is 1.12 bits per heavy atom. The zero-order chi connectivity index (χ0) is 17.6. The molecular formula is C19H15F2NO3. The van der Waals surface area contributed by atoms with Crippen molar-refractivity contribution >= 4 is 11.6 Å². The van der Waals surface area contributed by atoms with Crippen molar-refractivity contribution in [3.8, 4) is 5.75 Å². The van der Waals surface area contributed by atoms with Gasteiger partial charge < -0.3 is 14.5 Å². The lowest BCUT2D eigenvalue weighted by atomic mass is 10.0. The Hall–Kier alpha value is -3.15. The fourth-order valence-corrected chi connectivity index (χ4v) is 2.42. The van der Waals surface area contributed by atoms with Gasteiger partial charge in [0, 0.05) is 17.7 Å². The van der Waals surface area contributed by atoms with Crippen LogP contribution in [0.5, 0.6) is 5.75 Å². The van der Waals surface area contributed by atoms with Gasteiger partial charge in [0.25, 0.3) is 5.91 Å². The number of benzene rings is 2. The summed E-state index contributed by atoms with van der Waals surface area (Å²) in [4.78, 5) is 12.1. The Morgan fingerprint density at radius 3 is 2.60 bits per heavy atom. The first kappa shape index (κ1) is 16.7. The van der Waals surface area contributed by atoms with Gasteiger partial charge in [-0.25, -0.2) is 0 Å². The maximum Gasteiger partial charge on any atom is 0.387 e. The normalized spacial score (nSPS) is 10.7. The van der Waals surface area contributed by atoms with E-state index in [9.17, 15) is 13.6 Å². The molecule has 0 aliphatic heterocycles. The quantitative estimate of drug-likeness (QED) is 0.704. The molecule has 0 aliphatic rings. The molecule has 0 saturated carbocycles. The number of ether oxygens (including phenoxy) is 1. The van der Waals surface area contributed by atoms with Crippen molar-refractivity contribution in [3.05, 3.63) is 83.8 Å². The average molecular weight is 343 g/mol. The maximum atomic E-state index is 12.6. The molecule has 0 saturated heterocycles. The lowest BCUT2D eigenvalue weighted by Crippen LogP contribution is -2.11. The van der Waals surface area contributed by atoms with E-state index in [-0.39, 0.29) is 11.7 Å². The number of carbonyl (C=O) groups excluding carboxylic acids is 1. The van der Waals surface area contributed by atoms with Crippen LogP contribution in [0.2, 0.25) is 0 Å². The van der Waals surface area contributed by atoms with Crippen LogP contribution < -0.4 is 10.1 Å². The molecule has 0 aliphatic carbocycles. The first-order valence-electron chi connectivity index (χ1n) is 7.57. The van der Waals surface area contributed by atoms with Gasteiger partial charge in [0.15, 0.2) is 0 Å². The van der Waals surface area contributed by atoms with Gasteiger partial charge in [-0.3, -0.25) is 4.79 Å². The summed E-state index contributed by atoms with van der Waals surface area (Å²) in [5.74, 6) is -0.262. The summed E-state index contributed by atoms with van der Waals surface area (Å²) in [6.45, 7) is -2.92. The molecule has 1 amide bonds. The van der Waals surface area contributed by atoms with Crippen molar-refractivity contribution in [2.75, 3.05) is 5.32 Å². The number of furan rings is 1. The van der Waals surface area contributed by atoms with Crippen molar-refractivity contribution < 1.29 is 22.7 Å². The zero-order valence-corrected chi connectivity index (χ0v) is 13.1. The summed E-state index contributed by atoms with van der Waals surface area (Å²) in [5.41, 5.74) is 2.35. The van der Waals surface area contributed by atoms with Crippen LogP contribution in [0.25, 0.3) is 0 Å². The molecule has 2 aromatic carbocycles. The van der Waals surface area contributed by atoms with E-state index in [4.69, 9.17) is 4.42 Å². The molecular weight excluding hydrogens is 328 g/mol. The maximum absolute atomic E-state index is 12.6. The number of carbonyl (C=O) groups is 1. The lowest BCUT2D eigenvalue weighted by molar-refractivity contribution is -0.0503. The fourth-order valence-electron chi connectivity index (χ4n) is 2.42. The van der Waals surface area contributed by atoms with E-state index in [1.807, 2.05) is 30.3 Å². The number of alkyl halides is 2. The smallest absolute Gasteiger partial charge is 0.387 e. The highest BCUT2D eigenvalue weighted by Crippen LogP contribution is 2.27. The predicted molar refractivity (Wildman–Crippen MR) is 89.0 cm³/mol. The summed E-state index contributed by atoms with van der Waals surface area (Å²) in [7, 11) is 0. The Balaban J connectivity index is 1.85. The molecule has 0 fully saturated rings.